The van der Waals surface area contributed by atoms with Crippen molar-refractivity contribution in [1.82, 2.24) is 9.97 Å². The van der Waals surface area contributed by atoms with E-state index in [0.717, 1.165) is 22.3 Å². The Morgan fingerprint density at radius 2 is 0.597 bits per heavy atom. The number of rotatable bonds is 12. The van der Waals surface area contributed by atoms with Crippen LogP contribution in [0.3, 0.4) is 0 Å². The van der Waals surface area contributed by atoms with Gasteiger partial charge in [0.15, 0.2) is 33.3 Å². The van der Waals surface area contributed by atoms with E-state index in [-0.39, 0.29) is 20.2 Å². The summed E-state index contributed by atoms with van der Waals surface area (Å²) in [5.41, 5.74) is 11.7. The quantitative estimate of drug-likeness (QED) is 0.154. The van der Waals surface area contributed by atoms with Gasteiger partial charge in [0.2, 0.25) is 0 Å². The molecule has 0 saturated carbocycles. The second-order valence-corrected chi connectivity index (χ2v) is 53.6. The average molecular weight is 950 g/mol. The molecule has 6 nitrogen and oxygen atoms in total. The van der Waals surface area contributed by atoms with E-state index in [0.29, 0.717) is 37.8 Å². The minimum Gasteiger partial charge on any atom is -0.412 e. The number of hydrogen-bond acceptors (Lipinski definition) is 6. The Morgan fingerprint density at radius 3 is 0.774 bits per heavy atom. The van der Waals surface area contributed by atoms with E-state index in [4.69, 9.17) is 27.7 Å². The Labute approximate surface area is 389 Å². The van der Waals surface area contributed by atoms with Crippen LogP contribution in [0.15, 0.2) is 34.7 Å². The van der Waals surface area contributed by atoms with E-state index in [1.807, 2.05) is 0 Å². The fourth-order valence-corrected chi connectivity index (χ4v) is 8.74. The summed E-state index contributed by atoms with van der Waals surface area (Å²) < 4.78 is 27.1. The molecule has 0 spiro atoms. The molecule has 0 unspecified atom stereocenters. The lowest BCUT2D eigenvalue weighted by Gasteiger charge is -2.37. The van der Waals surface area contributed by atoms with Crippen molar-refractivity contribution < 1.29 is 17.7 Å². The Bertz CT molecular complexity index is 1860. The minimum atomic E-state index is -2.11. The van der Waals surface area contributed by atoms with Crippen LogP contribution in [-0.2, 0) is 17.7 Å². The topological polar surface area (TPSA) is 62.7 Å². The van der Waals surface area contributed by atoms with Gasteiger partial charge in [-0.15, -0.1) is 11.1 Å². The van der Waals surface area contributed by atoms with Crippen molar-refractivity contribution in [3.05, 3.63) is 46.1 Å². The number of nitrogens with zero attached hydrogens (tertiary/aromatic N) is 2. The maximum Gasteiger partial charge on any atom is 0.192 e. The lowest BCUT2D eigenvalue weighted by Crippen LogP contribution is -2.42. The molecule has 0 aliphatic heterocycles. The Kier molecular flexibility index (Phi) is 20.1. The van der Waals surface area contributed by atoms with Gasteiger partial charge < -0.3 is 17.7 Å². The SMILES string of the molecule is CC(C)(C)[Si](C)(C)OC/C(C#Cc1cnc(C#C/C(CO[Si](C)(C)C(C)(C)C)=C(/C#C[Si](C)(C)C)CO[Si](C)(C)C(C)(C)C)cn1)=C(\C#C[Si](C)(C)C)CO[Si](C)(C)C(C)(C)C. The van der Waals surface area contributed by atoms with E-state index in [1.54, 1.807) is 12.4 Å². The second-order valence-electron chi connectivity index (χ2n) is 24.9. The zero-order valence-corrected chi connectivity index (χ0v) is 50.5. The molecule has 0 amide bonds. The third kappa shape index (κ3) is 19.6. The first-order valence-corrected chi connectivity index (χ1v) is 41.1. The summed E-state index contributed by atoms with van der Waals surface area (Å²) in [6.45, 7) is 60.4. The van der Waals surface area contributed by atoms with E-state index in [2.05, 4.69) is 221 Å². The smallest absolute Gasteiger partial charge is 0.192 e. The minimum absolute atomic E-state index is 0.0427. The molecule has 0 aliphatic carbocycles. The predicted octanol–water partition coefficient (Wildman–Crippen LogP) is 13.6. The van der Waals surface area contributed by atoms with Gasteiger partial charge in [0.1, 0.15) is 27.5 Å². The first-order valence-electron chi connectivity index (χ1n) is 22.4. The molecular formula is C50H88N2O4Si6. The molecular weight excluding hydrogens is 861 g/mol. The first kappa shape index (κ1) is 58.0. The van der Waals surface area contributed by atoms with Gasteiger partial charge in [-0.2, -0.15) is 0 Å². The van der Waals surface area contributed by atoms with Crippen molar-refractivity contribution in [3.63, 3.8) is 0 Å². The molecule has 1 aromatic rings. The average Bonchev–Trinajstić information content (AvgIpc) is 3.06. The van der Waals surface area contributed by atoms with E-state index in [9.17, 15) is 0 Å². The highest BCUT2D eigenvalue weighted by molar-refractivity contribution is 6.84. The van der Waals surface area contributed by atoms with Crippen LogP contribution in [0.4, 0.5) is 0 Å². The fourth-order valence-electron chi connectivity index (χ4n) is 3.93. The van der Waals surface area contributed by atoms with Crippen molar-refractivity contribution in [1.29, 1.82) is 0 Å². The Hall–Kier alpha value is -2.06. The lowest BCUT2D eigenvalue weighted by molar-refractivity contribution is 0.308. The summed E-state index contributed by atoms with van der Waals surface area (Å²) in [6, 6.07) is 0. The van der Waals surface area contributed by atoms with Crippen LogP contribution in [0.1, 0.15) is 94.5 Å². The van der Waals surface area contributed by atoms with Crippen LogP contribution in [0.5, 0.6) is 0 Å². The predicted molar refractivity (Wildman–Crippen MR) is 285 cm³/mol. The largest absolute Gasteiger partial charge is 0.412 e. The van der Waals surface area contributed by atoms with Gasteiger partial charge in [0.25, 0.3) is 0 Å². The summed E-state index contributed by atoms with van der Waals surface area (Å²) in [7, 11) is -11.8. The summed E-state index contributed by atoms with van der Waals surface area (Å²) in [5, 5.41) is 0.204. The summed E-state index contributed by atoms with van der Waals surface area (Å²) in [6.07, 6.45) is 3.40. The fraction of sp³-hybridized carbons (Fsp3) is 0.680. The molecule has 346 valence electrons. The van der Waals surface area contributed by atoms with Crippen molar-refractivity contribution in [2.45, 2.75) is 195 Å². The molecule has 1 rings (SSSR count). The van der Waals surface area contributed by atoms with E-state index < -0.39 is 49.4 Å². The highest BCUT2D eigenvalue weighted by atomic mass is 28.4. The number of aromatic nitrogens is 2. The van der Waals surface area contributed by atoms with Crippen molar-refractivity contribution >= 4 is 49.4 Å². The van der Waals surface area contributed by atoms with Crippen LogP contribution in [0.25, 0.3) is 0 Å². The molecule has 0 aliphatic rings. The maximum absolute atomic E-state index is 6.79. The van der Waals surface area contributed by atoms with Gasteiger partial charge in [0.05, 0.1) is 38.8 Å². The molecule has 0 aromatic carbocycles. The third-order valence-corrected chi connectivity index (χ3v) is 32.4. The Morgan fingerprint density at radius 1 is 0.387 bits per heavy atom. The molecule has 1 aromatic heterocycles. The third-order valence-electron chi connectivity index (χ3n) is 12.8. The van der Waals surface area contributed by atoms with Crippen LogP contribution in [0.2, 0.25) is 112 Å². The molecule has 0 N–H and O–H groups in total. The van der Waals surface area contributed by atoms with Gasteiger partial charge >= 0.3 is 0 Å². The highest BCUT2D eigenvalue weighted by Crippen LogP contribution is 2.40. The lowest BCUT2D eigenvalue weighted by atomic mass is 10.1. The van der Waals surface area contributed by atoms with Crippen LogP contribution in [0, 0.1) is 46.6 Å². The monoisotopic (exact) mass is 949 g/mol. The molecule has 0 radical (unpaired) electrons. The van der Waals surface area contributed by atoms with Crippen LogP contribution in [-0.4, -0.2) is 85.8 Å². The van der Waals surface area contributed by atoms with Gasteiger partial charge in [-0.3, -0.25) is 0 Å². The normalized spacial score (nSPS) is 14.5. The molecule has 0 fully saturated rings. The summed E-state index contributed by atoms with van der Waals surface area (Å²) >= 11 is 0. The molecule has 62 heavy (non-hydrogen) atoms. The maximum atomic E-state index is 6.79. The summed E-state index contributed by atoms with van der Waals surface area (Å²) in [5.74, 6) is 20.6. The molecule has 0 bridgehead atoms. The van der Waals surface area contributed by atoms with Gasteiger partial charge in [-0.05, 0) is 84.4 Å². The molecule has 0 atom stereocenters. The van der Waals surface area contributed by atoms with Crippen molar-refractivity contribution in [3.8, 4) is 46.6 Å². The van der Waals surface area contributed by atoms with E-state index >= 15 is 0 Å². The zero-order valence-electron chi connectivity index (χ0n) is 44.5. The van der Waals surface area contributed by atoms with Crippen LogP contribution < -0.4 is 0 Å². The van der Waals surface area contributed by atoms with Gasteiger partial charge in [-0.1, -0.05) is 146 Å². The van der Waals surface area contributed by atoms with Crippen molar-refractivity contribution in [2.75, 3.05) is 26.4 Å². The van der Waals surface area contributed by atoms with Crippen LogP contribution >= 0.6 is 0 Å². The highest BCUT2D eigenvalue weighted by Gasteiger charge is 2.40. The standard InChI is InChI=1S/C50H88N2O4Si6/c1-47(2,3)59(19,20)53-37-41(43(31-33-57(13,14)15)39-55-61(23,24)49(7,8)9)27-29-45-35-52-46(36-51-45)30-28-42(38-54-60(21,22)48(4,5)6)44(32-34-58(16,17)18)40-56-62(25,26)50(10,11)12/h35-36H,37-40H2,1-26H3/b43-41+,44-42+. The second kappa shape index (κ2) is 21.5. The van der Waals surface area contributed by atoms with E-state index in [1.165, 1.54) is 0 Å². The first-order chi connectivity index (χ1) is 27.5. The van der Waals surface area contributed by atoms with Gasteiger partial charge in [-0.25, -0.2) is 9.97 Å². The zero-order chi connectivity index (χ0) is 48.6. The van der Waals surface area contributed by atoms with Gasteiger partial charge in [0, 0.05) is 22.3 Å². The van der Waals surface area contributed by atoms with Crippen molar-refractivity contribution in [2.24, 2.45) is 0 Å². The molecule has 12 heteroatoms. The number of hydrogen-bond donors (Lipinski definition) is 0. The Balaban J connectivity index is 4.00. The molecule has 0 saturated heterocycles. The molecule has 1 heterocycles. The summed E-state index contributed by atoms with van der Waals surface area (Å²) in [4.78, 5) is 9.47.